The molecular weight excluding hydrogens is 429 g/mol. The van der Waals surface area contributed by atoms with E-state index in [1.807, 2.05) is 0 Å². The van der Waals surface area contributed by atoms with E-state index in [9.17, 15) is 18.8 Å². The summed E-state index contributed by atoms with van der Waals surface area (Å²) in [5.74, 6) is -3.12. The molecule has 1 aliphatic carbocycles. The highest BCUT2D eigenvalue weighted by Gasteiger charge is 2.39. The van der Waals surface area contributed by atoms with Crippen LogP contribution in [0.4, 0.5) is 10.1 Å². The summed E-state index contributed by atoms with van der Waals surface area (Å²) in [5.41, 5.74) is -0.183. The Morgan fingerprint density at radius 2 is 1.85 bits per heavy atom. The number of hydrogen-bond acceptors (Lipinski definition) is 5. The van der Waals surface area contributed by atoms with Gasteiger partial charge in [0.05, 0.1) is 18.1 Å². The molecule has 0 spiro atoms. The number of rotatable bonds is 7. The Kier molecular flexibility index (Phi) is 7.39. The third kappa shape index (κ3) is 5.42. The van der Waals surface area contributed by atoms with Crippen molar-refractivity contribution in [3.8, 4) is 0 Å². The highest BCUT2D eigenvalue weighted by atomic mass is 19.1. The van der Waals surface area contributed by atoms with Crippen LogP contribution in [-0.2, 0) is 19.1 Å². The first kappa shape index (κ1) is 23.0. The SMILES string of the molecule is O=C(NC1CCCC1)C(=O)N(c1ccccc1F)[C@@H](C(=O)NC[C@@H]1CCCO1)c1ccco1. The van der Waals surface area contributed by atoms with Crippen molar-refractivity contribution in [2.75, 3.05) is 18.1 Å². The normalized spacial score (nSPS) is 19.2. The first-order chi connectivity index (χ1) is 16.0. The second kappa shape index (κ2) is 10.6. The van der Waals surface area contributed by atoms with Gasteiger partial charge in [-0.3, -0.25) is 19.3 Å². The first-order valence-electron chi connectivity index (χ1n) is 11.4. The number of furan rings is 1. The lowest BCUT2D eigenvalue weighted by Gasteiger charge is -2.30. The molecule has 3 amide bonds. The third-order valence-corrected chi connectivity index (χ3v) is 6.06. The van der Waals surface area contributed by atoms with Crippen LogP contribution in [0.2, 0.25) is 0 Å². The van der Waals surface area contributed by atoms with Gasteiger partial charge in [-0.15, -0.1) is 0 Å². The number of carbonyl (C=O) groups excluding carboxylic acids is 3. The largest absolute Gasteiger partial charge is 0.467 e. The number of amides is 3. The molecule has 1 aromatic heterocycles. The number of benzene rings is 1. The van der Waals surface area contributed by atoms with Crippen molar-refractivity contribution >= 4 is 23.4 Å². The fourth-order valence-corrected chi connectivity index (χ4v) is 4.38. The summed E-state index contributed by atoms with van der Waals surface area (Å²) < 4.78 is 25.9. The molecule has 0 unspecified atom stereocenters. The zero-order valence-electron chi connectivity index (χ0n) is 18.3. The van der Waals surface area contributed by atoms with Gasteiger partial charge in [0.25, 0.3) is 5.91 Å². The maximum absolute atomic E-state index is 14.9. The van der Waals surface area contributed by atoms with E-state index in [2.05, 4.69) is 10.6 Å². The molecule has 8 nitrogen and oxygen atoms in total. The molecule has 176 valence electrons. The number of hydrogen-bond donors (Lipinski definition) is 2. The lowest BCUT2D eigenvalue weighted by molar-refractivity contribution is -0.139. The van der Waals surface area contributed by atoms with Crippen molar-refractivity contribution in [2.24, 2.45) is 0 Å². The quantitative estimate of drug-likeness (QED) is 0.623. The molecule has 2 aliphatic rings. The van der Waals surface area contributed by atoms with Gasteiger partial charge in [-0.1, -0.05) is 25.0 Å². The molecule has 33 heavy (non-hydrogen) atoms. The number of para-hydroxylation sites is 1. The molecule has 1 aliphatic heterocycles. The lowest BCUT2D eigenvalue weighted by atomic mass is 10.1. The second-order valence-electron chi connectivity index (χ2n) is 8.38. The summed E-state index contributed by atoms with van der Waals surface area (Å²) in [7, 11) is 0. The molecule has 0 bridgehead atoms. The van der Waals surface area contributed by atoms with Crippen LogP contribution in [0.1, 0.15) is 50.3 Å². The van der Waals surface area contributed by atoms with Crippen molar-refractivity contribution in [1.82, 2.24) is 10.6 Å². The molecule has 1 aromatic carbocycles. The minimum Gasteiger partial charge on any atom is -0.467 e. The standard InChI is InChI=1S/C24H28FN3O5/c25-18-10-3-4-11-19(18)28(24(31)23(30)27-16-7-1-2-8-16)21(20-12-6-14-33-20)22(29)26-15-17-9-5-13-32-17/h3-4,6,10-12,14,16-17,21H,1-2,5,7-9,13,15H2,(H,26,29)(H,27,30)/t17-,21+/m0/s1. The van der Waals surface area contributed by atoms with Gasteiger partial charge in [0.1, 0.15) is 11.6 Å². The van der Waals surface area contributed by atoms with Crippen molar-refractivity contribution in [1.29, 1.82) is 0 Å². The van der Waals surface area contributed by atoms with E-state index in [4.69, 9.17) is 9.15 Å². The number of nitrogens with zero attached hydrogens (tertiary/aromatic N) is 1. The van der Waals surface area contributed by atoms with E-state index in [1.165, 1.54) is 36.6 Å². The van der Waals surface area contributed by atoms with Crippen LogP contribution in [0.5, 0.6) is 0 Å². The number of halogens is 1. The van der Waals surface area contributed by atoms with E-state index in [0.717, 1.165) is 43.4 Å². The highest BCUT2D eigenvalue weighted by Crippen LogP contribution is 2.31. The highest BCUT2D eigenvalue weighted by molar-refractivity contribution is 6.41. The summed E-state index contributed by atoms with van der Waals surface area (Å²) in [6.45, 7) is 0.868. The van der Waals surface area contributed by atoms with Crippen LogP contribution >= 0.6 is 0 Å². The molecule has 2 heterocycles. The zero-order chi connectivity index (χ0) is 23.2. The average Bonchev–Trinajstić information content (AvgIpc) is 3.60. The molecule has 2 atom stereocenters. The number of carbonyl (C=O) groups is 3. The third-order valence-electron chi connectivity index (χ3n) is 6.06. The topological polar surface area (TPSA) is 101 Å². The van der Waals surface area contributed by atoms with Crippen LogP contribution in [0.15, 0.2) is 47.1 Å². The zero-order valence-corrected chi connectivity index (χ0v) is 18.3. The first-order valence-corrected chi connectivity index (χ1v) is 11.4. The van der Waals surface area contributed by atoms with Gasteiger partial charge in [0.15, 0.2) is 6.04 Å². The summed E-state index contributed by atoms with van der Waals surface area (Å²) >= 11 is 0. The van der Waals surface area contributed by atoms with E-state index in [0.29, 0.717) is 6.61 Å². The van der Waals surface area contributed by atoms with Gasteiger partial charge in [0.2, 0.25) is 0 Å². The van der Waals surface area contributed by atoms with Gasteiger partial charge >= 0.3 is 11.8 Å². The Labute approximate surface area is 191 Å². The molecule has 2 aromatic rings. The van der Waals surface area contributed by atoms with Crippen LogP contribution in [0, 0.1) is 5.82 Å². The van der Waals surface area contributed by atoms with Crippen LogP contribution < -0.4 is 15.5 Å². The van der Waals surface area contributed by atoms with Crippen LogP contribution in [-0.4, -0.2) is 43.0 Å². The second-order valence-corrected chi connectivity index (χ2v) is 8.38. The summed E-state index contributed by atoms with van der Waals surface area (Å²) in [6.07, 6.45) is 6.44. The Balaban J connectivity index is 1.65. The van der Waals surface area contributed by atoms with Crippen molar-refractivity contribution in [3.05, 3.63) is 54.2 Å². The Morgan fingerprint density at radius 3 is 2.52 bits per heavy atom. The van der Waals surface area contributed by atoms with Gasteiger partial charge < -0.3 is 19.8 Å². The van der Waals surface area contributed by atoms with Gasteiger partial charge in [-0.05, 0) is 49.9 Å². The molecular formula is C24H28FN3O5. The van der Waals surface area contributed by atoms with Crippen molar-refractivity contribution < 1.29 is 27.9 Å². The van der Waals surface area contributed by atoms with Crippen LogP contribution in [0.25, 0.3) is 0 Å². The van der Waals surface area contributed by atoms with Gasteiger partial charge in [-0.25, -0.2) is 4.39 Å². The smallest absolute Gasteiger partial charge is 0.317 e. The van der Waals surface area contributed by atoms with E-state index >= 15 is 0 Å². The number of ether oxygens (including phenoxy) is 1. The fraction of sp³-hybridized carbons (Fsp3) is 0.458. The predicted molar refractivity (Wildman–Crippen MR) is 118 cm³/mol. The van der Waals surface area contributed by atoms with E-state index < -0.39 is 29.6 Å². The number of anilines is 1. The lowest BCUT2D eigenvalue weighted by Crippen LogP contribution is -2.51. The minimum atomic E-state index is -1.37. The van der Waals surface area contributed by atoms with Crippen LogP contribution in [0.3, 0.4) is 0 Å². The fourth-order valence-electron chi connectivity index (χ4n) is 4.38. The molecule has 2 fully saturated rings. The maximum atomic E-state index is 14.9. The van der Waals surface area contributed by atoms with Crippen molar-refractivity contribution in [3.63, 3.8) is 0 Å². The Hall–Kier alpha value is -3.20. The maximum Gasteiger partial charge on any atom is 0.317 e. The molecule has 9 heteroatoms. The molecule has 2 N–H and O–H groups in total. The molecule has 1 saturated heterocycles. The Bertz CT molecular complexity index is 968. The summed E-state index contributed by atoms with van der Waals surface area (Å²) in [4.78, 5) is 40.5. The van der Waals surface area contributed by atoms with E-state index in [-0.39, 0.29) is 30.1 Å². The monoisotopic (exact) mass is 457 g/mol. The minimum absolute atomic E-state index is 0.112. The van der Waals surface area contributed by atoms with Crippen molar-refractivity contribution in [2.45, 2.75) is 56.7 Å². The van der Waals surface area contributed by atoms with Gasteiger partial charge in [0, 0.05) is 19.2 Å². The predicted octanol–water partition coefficient (Wildman–Crippen LogP) is 2.85. The molecule has 1 saturated carbocycles. The van der Waals surface area contributed by atoms with E-state index in [1.54, 1.807) is 6.07 Å². The summed E-state index contributed by atoms with van der Waals surface area (Å²) in [6, 6.07) is 7.15. The van der Waals surface area contributed by atoms with Gasteiger partial charge in [-0.2, -0.15) is 0 Å². The Morgan fingerprint density at radius 1 is 1.06 bits per heavy atom. The average molecular weight is 458 g/mol. The number of nitrogens with one attached hydrogen (secondary N) is 2. The summed E-state index contributed by atoms with van der Waals surface area (Å²) in [5, 5.41) is 5.51. The molecule has 0 radical (unpaired) electrons. The molecule has 4 rings (SSSR count).